The summed E-state index contributed by atoms with van der Waals surface area (Å²) in [6.07, 6.45) is 10.2. The maximum absolute atomic E-state index is 12.6. The third-order valence-electron chi connectivity index (χ3n) is 10.2. The average Bonchev–Trinajstić information content (AvgIpc) is 3.54. The minimum absolute atomic E-state index is 0.00916. The molecular formula is C28H32N2O5. The molecule has 4 N–H and O–H groups in total. The molecule has 8 rings (SSSR count). The lowest BCUT2D eigenvalue weighted by Crippen LogP contribution is -2.76. The second-order valence-electron chi connectivity index (χ2n) is 11.7. The van der Waals surface area contributed by atoms with Gasteiger partial charge in [0.25, 0.3) is 0 Å². The topological polar surface area (TPSA) is 98.3 Å². The summed E-state index contributed by atoms with van der Waals surface area (Å²) in [6.45, 7) is 1.92. The summed E-state index contributed by atoms with van der Waals surface area (Å²) in [5.74, 6) is 1.52. The molecule has 1 aromatic carbocycles. The first-order valence-corrected chi connectivity index (χ1v) is 13.2. The molecule has 2 bridgehead atoms. The Labute approximate surface area is 204 Å². The number of benzene rings is 1. The third kappa shape index (κ3) is 2.35. The van der Waals surface area contributed by atoms with E-state index in [0.29, 0.717) is 30.6 Å². The van der Waals surface area contributed by atoms with Crippen LogP contribution in [0.25, 0.3) is 6.08 Å². The Bertz CT molecular complexity index is 1290. The molecule has 3 heterocycles. The molecule has 184 valence electrons. The molecule has 1 saturated heterocycles. The van der Waals surface area contributed by atoms with Crippen molar-refractivity contribution >= 4 is 6.08 Å². The molecule has 35 heavy (non-hydrogen) atoms. The van der Waals surface area contributed by atoms with Gasteiger partial charge in [-0.05, 0) is 75.5 Å². The number of aromatic nitrogens is 1. The first kappa shape index (κ1) is 20.5. The van der Waals surface area contributed by atoms with Crippen molar-refractivity contribution in [2.75, 3.05) is 13.1 Å². The monoisotopic (exact) mass is 476 g/mol. The Kier molecular flexibility index (Phi) is 3.85. The summed E-state index contributed by atoms with van der Waals surface area (Å²) >= 11 is 0. The number of ether oxygens (including phenoxy) is 1. The number of allylic oxidation sites excluding steroid dienone is 1. The lowest BCUT2D eigenvalue weighted by molar-refractivity contribution is -0.196. The lowest BCUT2D eigenvalue weighted by Gasteiger charge is -2.64. The van der Waals surface area contributed by atoms with Gasteiger partial charge in [-0.15, -0.1) is 0 Å². The van der Waals surface area contributed by atoms with Crippen LogP contribution in [0.1, 0.15) is 66.8 Å². The van der Waals surface area contributed by atoms with Crippen molar-refractivity contribution in [2.45, 2.75) is 80.6 Å². The lowest BCUT2D eigenvalue weighted by atomic mass is 9.48. The van der Waals surface area contributed by atoms with Crippen LogP contribution in [0.5, 0.6) is 23.3 Å². The van der Waals surface area contributed by atoms with Crippen molar-refractivity contribution in [2.24, 2.45) is 5.92 Å². The number of hydrogen-bond donors (Lipinski definition) is 4. The molecule has 7 nitrogen and oxygen atoms in total. The van der Waals surface area contributed by atoms with E-state index >= 15 is 0 Å². The van der Waals surface area contributed by atoms with E-state index in [1.165, 1.54) is 12.8 Å². The molecule has 2 aromatic rings. The van der Waals surface area contributed by atoms with Crippen LogP contribution in [-0.4, -0.2) is 60.7 Å². The van der Waals surface area contributed by atoms with Gasteiger partial charge in [0.2, 0.25) is 5.88 Å². The van der Waals surface area contributed by atoms with Gasteiger partial charge in [0, 0.05) is 29.3 Å². The summed E-state index contributed by atoms with van der Waals surface area (Å²) in [7, 11) is 0. The molecule has 3 fully saturated rings. The smallest absolute Gasteiger partial charge is 0.202 e. The number of hydrogen-bond acceptors (Lipinski definition) is 6. The molecule has 6 aliphatic rings. The zero-order valence-corrected chi connectivity index (χ0v) is 19.8. The summed E-state index contributed by atoms with van der Waals surface area (Å²) in [5, 5.41) is 46.0. The largest absolute Gasteiger partial charge is 0.504 e. The Balaban J connectivity index is 1.31. The van der Waals surface area contributed by atoms with Crippen LogP contribution in [0, 0.1) is 5.92 Å². The predicted molar refractivity (Wildman–Crippen MR) is 129 cm³/mol. The Hall–Kier alpha value is -2.64. The summed E-state index contributed by atoms with van der Waals surface area (Å²) in [6, 6.07) is 3.39. The van der Waals surface area contributed by atoms with Crippen LogP contribution < -0.4 is 4.74 Å². The second kappa shape index (κ2) is 6.56. The van der Waals surface area contributed by atoms with Crippen molar-refractivity contribution in [3.8, 4) is 23.3 Å². The van der Waals surface area contributed by atoms with E-state index in [1.54, 1.807) is 10.6 Å². The van der Waals surface area contributed by atoms with Crippen LogP contribution >= 0.6 is 0 Å². The van der Waals surface area contributed by atoms with Gasteiger partial charge in [-0.2, -0.15) is 0 Å². The maximum Gasteiger partial charge on any atom is 0.202 e. The molecule has 0 amide bonds. The van der Waals surface area contributed by atoms with E-state index in [2.05, 4.69) is 4.90 Å². The molecule has 0 unspecified atom stereocenters. The number of phenols is 1. The number of fused-ring (bicyclic) bond motifs is 1. The predicted octanol–water partition coefficient (Wildman–Crippen LogP) is 3.37. The zero-order chi connectivity index (χ0) is 23.7. The zero-order valence-electron chi connectivity index (χ0n) is 19.8. The minimum atomic E-state index is -0.981. The second-order valence-corrected chi connectivity index (χ2v) is 11.7. The fourth-order valence-electron chi connectivity index (χ4n) is 8.52. The highest BCUT2D eigenvalue weighted by atomic mass is 16.5. The average molecular weight is 477 g/mol. The summed E-state index contributed by atoms with van der Waals surface area (Å²) < 4.78 is 8.28. The third-order valence-corrected chi connectivity index (χ3v) is 10.2. The number of aromatic hydroxyl groups is 3. The van der Waals surface area contributed by atoms with E-state index < -0.39 is 17.1 Å². The van der Waals surface area contributed by atoms with E-state index in [-0.39, 0.29) is 29.6 Å². The number of nitrogens with zero attached hydrogens (tertiary/aromatic N) is 2. The Morgan fingerprint density at radius 3 is 2.71 bits per heavy atom. The fraction of sp³-hybridized carbons (Fsp3) is 0.571. The van der Waals surface area contributed by atoms with Crippen molar-refractivity contribution in [3.63, 3.8) is 0 Å². The number of aliphatic hydroxyl groups is 1. The fourth-order valence-corrected chi connectivity index (χ4v) is 8.52. The Morgan fingerprint density at radius 2 is 1.91 bits per heavy atom. The van der Waals surface area contributed by atoms with E-state index in [1.807, 2.05) is 18.2 Å². The highest BCUT2D eigenvalue weighted by Crippen LogP contribution is 2.67. The van der Waals surface area contributed by atoms with Crippen LogP contribution in [-0.2, 0) is 18.3 Å². The first-order chi connectivity index (χ1) is 16.9. The Morgan fingerprint density at radius 1 is 1.06 bits per heavy atom. The van der Waals surface area contributed by atoms with Gasteiger partial charge in [0.1, 0.15) is 6.10 Å². The number of piperidine rings is 1. The minimum Gasteiger partial charge on any atom is -0.504 e. The normalized spacial score (nSPS) is 36.5. The van der Waals surface area contributed by atoms with Gasteiger partial charge in [-0.1, -0.05) is 18.2 Å². The number of rotatable bonds is 3. The van der Waals surface area contributed by atoms with Gasteiger partial charge >= 0.3 is 0 Å². The summed E-state index contributed by atoms with van der Waals surface area (Å²) in [5.41, 5.74) is 1.93. The number of phenolic OH excluding ortho intramolecular Hbond substituents is 1. The molecule has 4 aliphatic carbocycles. The van der Waals surface area contributed by atoms with Crippen molar-refractivity contribution in [1.29, 1.82) is 0 Å². The summed E-state index contributed by atoms with van der Waals surface area (Å²) in [4.78, 5) is 2.52. The SMILES string of the molecule is Oc1ccc2c3c1O[C@H]1[C@H](n4c(O)c5c(c4O)CCC=C5)CC[C@@]4(O)[C@@H](C2)N(CC2CC2)CC[C@]314. The molecule has 2 saturated carbocycles. The van der Waals surface area contributed by atoms with Gasteiger partial charge < -0.3 is 25.2 Å². The van der Waals surface area contributed by atoms with Crippen LogP contribution in [0.3, 0.4) is 0 Å². The molecular weight excluding hydrogens is 444 g/mol. The number of likely N-dealkylation sites (tertiary alicyclic amines) is 1. The molecule has 2 aliphatic heterocycles. The molecule has 1 spiro atoms. The van der Waals surface area contributed by atoms with Crippen LogP contribution in [0.2, 0.25) is 0 Å². The van der Waals surface area contributed by atoms with E-state index in [9.17, 15) is 20.4 Å². The van der Waals surface area contributed by atoms with E-state index in [0.717, 1.165) is 55.0 Å². The molecule has 5 atom stereocenters. The van der Waals surface area contributed by atoms with Crippen LogP contribution in [0.15, 0.2) is 18.2 Å². The first-order valence-electron chi connectivity index (χ1n) is 13.2. The van der Waals surface area contributed by atoms with Crippen molar-refractivity contribution in [1.82, 2.24) is 9.47 Å². The molecule has 1 aromatic heterocycles. The van der Waals surface area contributed by atoms with Gasteiger partial charge in [-0.3, -0.25) is 9.47 Å². The highest BCUT2D eigenvalue weighted by Gasteiger charge is 2.73. The standard InChI is InChI=1S/C28H32N2O5/c31-20-8-7-16-13-21-28(34)10-9-19(30-25(32)17-3-1-2-4-18(17)26(30)33)24-27(28,22(16)23(20)35-24)11-12-29(21)14-15-5-6-15/h1,3,7-8,15,19,21,24,31-34H,2,4-6,9-14H2/t19-,21-,24+,27+,28-/m1/s1. The molecule has 7 heteroatoms. The molecule has 0 radical (unpaired) electrons. The van der Waals surface area contributed by atoms with Crippen LogP contribution in [0.4, 0.5) is 0 Å². The quantitative estimate of drug-likeness (QED) is 0.542. The van der Waals surface area contributed by atoms with Gasteiger partial charge in [-0.25, -0.2) is 0 Å². The van der Waals surface area contributed by atoms with Gasteiger partial charge in [0.05, 0.1) is 17.1 Å². The van der Waals surface area contributed by atoms with Crippen molar-refractivity contribution < 1.29 is 25.2 Å². The van der Waals surface area contributed by atoms with E-state index in [4.69, 9.17) is 4.74 Å². The van der Waals surface area contributed by atoms with Crippen molar-refractivity contribution in [3.05, 3.63) is 40.5 Å². The highest BCUT2D eigenvalue weighted by molar-refractivity contribution is 5.67. The maximum atomic E-state index is 12.6. The van der Waals surface area contributed by atoms with Gasteiger partial charge in [0.15, 0.2) is 17.4 Å².